The van der Waals surface area contributed by atoms with Gasteiger partial charge in [-0.15, -0.1) is 0 Å². The summed E-state index contributed by atoms with van der Waals surface area (Å²) in [4.78, 5) is 2.34. The largest absolute Gasteiger partial charge is 0.497 e. The molecule has 0 amide bonds. The smallest absolute Gasteiger partial charge is 0.131 e. The number of benzene rings is 2. The first kappa shape index (κ1) is 17.4. The Kier molecular flexibility index (Phi) is 5.66. The SMILES string of the molecule is COc1ccc(/C=N/N2CCN(c3ccc(Cl)cc3)CC2)c(OC)c1. The van der Waals surface area contributed by atoms with E-state index in [2.05, 4.69) is 27.1 Å². The highest BCUT2D eigenvalue weighted by Crippen LogP contribution is 2.23. The number of piperazine rings is 1. The fourth-order valence-corrected chi connectivity index (χ4v) is 2.92. The monoisotopic (exact) mass is 359 g/mol. The lowest BCUT2D eigenvalue weighted by Crippen LogP contribution is -2.44. The fraction of sp³-hybridized carbons (Fsp3) is 0.316. The molecule has 25 heavy (non-hydrogen) atoms. The van der Waals surface area contributed by atoms with Crippen molar-refractivity contribution in [1.82, 2.24) is 5.01 Å². The number of halogens is 1. The van der Waals surface area contributed by atoms with Crippen LogP contribution in [0, 0.1) is 0 Å². The maximum Gasteiger partial charge on any atom is 0.131 e. The second-order valence-corrected chi connectivity index (χ2v) is 6.21. The molecule has 1 heterocycles. The normalized spacial score (nSPS) is 14.8. The van der Waals surface area contributed by atoms with Crippen molar-refractivity contribution in [3.8, 4) is 11.5 Å². The Labute approximate surface area is 153 Å². The third kappa shape index (κ3) is 4.37. The summed E-state index contributed by atoms with van der Waals surface area (Å²) in [5.74, 6) is 1.52. The van der Waals surface area contributed by atoms with Crippen LogP contribution in [0.25, 0.3) is 0 Å². The zero-order chi connectivity index (χ0) is 17.6. The molecule has 0 radical (unpaired) electrons. The van der Waals surface area contributed by atoms with E-state index in [1.165, 1.54) is 5.69 Å². The molecule has 2 aromatic carbocycles. The van der Waals surface area contributed by atoms with Gasteiger partial charge in [-0.3, -0.25) is 5.01 Å². The van der Waals surface area contributed by atoms with E-state index in [4.69, 9.17) is 21.1 Å². The molecule has 0 spiro atoms. The lowest BCUT2D eigenvalue weighted by molar-refractivity contribution is 0.272. The van der Waals surface area contributed by atoms with Crippen molar-refractivity contribution in [2.24, 2.45) is 5.10 Å². The van der Waals surface area contributed by atoms with Crippen LogP contribution < -0.4 is 14.4 Å². The van der Waals surface area contributed by atoms with E-state index < -0.39 is 0 Å². The minimum Gasteiger partial charge on any atom is -0.497 e. The van der Waals surface area contributed by atoms with E-state index in [-0.39, 0.29) is 0 Å². The lowest BCUT2D eigenvalue weighted by atomic mass is 10.2. The lowest BCUT2D eigenvalue weighted by Gasteiger charge is -2.34. The molecule has 0 unspecified atom stereocenters. The van der Waals surface area contributed by atoms with Crippen LogP contribution in [0.5, 0.6) is 11.5 Å². The molecule has 1 fully saturated rings. The van der Waals surface area contributed by atoms with Crippen LogP contribution in [0.4, 0.5) is 5.69 Å². The average molecular weight is 360 g/mol. The standard InChI is InChI=1S/C19H22ClN3O2/c1-24-18-8-3-15(19(13-18)25-2)14-21-23-11-9-22(10-12-23)17-6-4-16(20)5-7-17/h3-8,13-14H,9-12H2,1-2H3/b21-14+. The van der Waals surface area contributed by atoms with Crippen LogP contribution in [-0.4, -0.2) is 51.6 Å². The van der Waals surface area contributed by atoms with Gasteiger partial charge in [-0.2, -0.15) is 5.10 Å². The Hall–Kier alpha value is -2.40. The molecule has 1 aliphatic rings. The van der Waals surface area contributed by atoms with Crippen molar-refractivity contribution in [2.75, 3.05) is 45.3 Å². The van der Waals surface area contributed by atoms with Gasteiger partial charge in [0.25, 0.3) is 0 Å². The third-order valence-corrected chi connectivity index (χ3v) is 4.50. The minimum absolute atomic E-state index is 0.753. The first-order chi connectivity index (χ1) is 12.2. The van der Waals surface area contributed by atoms with Crippen molar-refractivity contribution >= 4 is 23.5 Å². The van der Waals surface area contributed by atoms with Gasteiger partial charge < -0.3 is 14.4 Å². The first-order valence-electron chi connectivity index (χ1n) is 8.21. The minimum atomic E-state index is 0.753. The van der Waals surface area contributed by atoms with Crippen molar-refractivity contribution in [2.45, 2.75) is 0 Å². The number of ether oxygens (including phenoxy) is 2. The van der Waals surface area contributed by atoms with Crippen LogP contribution in [0.2, 0.25) is 5.02 Å². The number of hydrazone groups is 1. The number of nitrogens with zero attached hydrogens (tertiary/aromatic N) is 3. The molecule has 1 saturated heterocycles. The Morgan fingerprint density at radius 2 is 1.68 bits per heavy atom. The molecule has 132 valence electrons. The molecular formula is C19H22ClN3O2. The summed E-state index contributed by atoms with van der Waals surface area (Å²) in [5, 5.41) is 7.44. The zero-order valence-electron chi connectivity index (χ0n) is 14.5. The molecule has 0 aliphatic carbocycles. The van der Waals surface area contributed by atoms with Gasteiger partial charge in [-0.25, -0.2) is 0 Å². The van der Waals surface area contributed by atoms with Gasteiger partial charge in [0.2, 0.25) is 0 Å². The molecule has 0 atom stereocenters. The first-order valence-corrected chi connectivity index (χ1v) is 8.59. The molecule has 5 nitrogen and oxygen atoms in total. The molecule has 0 N–H and O–H groups in total. The molecule has 1 aliphatic heterocycles. The van der Waals surface area contributed by atoms with Crippen LogP contribution in [0.15, 0.2) is 47.6 Å². The quantitative estimate of drug-likeness (QED) is 0.765. The topological polar surface area (TPSA) is 37.3 Å². The van der Waals surface area contributed by atoms with Gasteiger partial charge in [0.1, 0.15) is 11.5 Å². The highest BCUT2D eigenvalue weighted by molar-refractivity contribution is 6.30. The van der Waals surface area contributed by atoms with E-state index in [9.17, 15) is 0 Å². The van der Waals surface area contributed by atoms with Gasteiger partial charge >= 0.3 is 0 Å². The summed E-state index contributed by atoms with van der Waals surface area (Å²) in [7, 11) is 3.29. The van der Waals surface area contributed by atoms with Gasteiger partial charge in [-0.1, -0.05) is 11.6 Å². The van der Waals surface area contributed by atoms with Gasteiger partial charge in [0.05, 0.1) is 33.5 Å². The molecule has 0 saturated carbocycles. The van der Waals surface area contributed by atoms with Crippen LogP contribution in [-0.2, 0) is 0 Å². The highest BCUT2D eigenvalue weighted by atomic mass is 35.5. The Bertz CT molecular complexity index is 726. The second-order valence-electron chi connectivity index (χ2n) is 5.77. The van der Waals surface area contributed by atoms with Crippen LogP contribution >= 0.6 is 11.6 Å². The summed E-state index contributed by atoms with van der Waals surface area (Å²) in [6, 6.07) is 13.7. The molecule has 0 bridgehead atoms. The number of hydrogen-bond acceptors (Lipinski definition) is 5. The maximum absolute atomic E-state index is 5.95. The summed E-state index contributed by atoms with van der Waals surface area (Å²) < 4.78 is 10.6. The molecule has 2 aromatic rings. The van der Waals surface area contributed by atoms with Crippen molar-refractivity contribution in [1.29, 1.82) is 0 Å². The average Bonchev–Trinajstić information content (AvgIpc) is 2.67. The van der Waals surface area contributed by atoms with Gasteiger partial charge in [-0.05, 0) is 36.4 Å². The van der Waals surface area contributed by atoms with E-state index in [1.807, 2.05) is 36.5 Å². The molecule has 6 heteroatoms. The predicted molar refractivity (Wildman–Crippen MR) is 102 cm³/mol. The summed E-state index contributed by atoms with van der Waals surface area (Å²) in [6.07, 6.45) is 1.84. The van der Waals surface area contributed by atoms with E-state index >= 15 is 0 Å². The van der Waals surface area contributed by atoms with E-state index in [1.54, 1.807) is 14.2 Å². The highest BCUT2D eigenvalue weighted by Gasteiger charge is 2.15. The number of methoxy groups -OCH3 is 2. The summed E-state index contributed by atoms with van der Waals surface area (Å²) >= 11 is 5.95. The summed E-state index contributed by atoms with van der Waals surface area (Å²) in [5.41, 5.74) is 2.13. The Morgan fingerprint density at radius 3 is 2.32 bits per heavy atom. The number of anilines is 1. The Balaban J connectivity index is 1.60. The zero-order valence-corrected chi connectivity index (χ0v) is 15.2. The van der Waals surface area contributed by atoms with Crippen molar-refractivity contribution < 1.29 is 9.47 Å². The van der Waals surface area contributed by atoms with Crippen LogP contribution in [0.1, 0.15) is 5.56 Å². The second kappa shape index (κ2) is 8.12. The van der Waals surface area contributed by atoms with Crippen molar-refractivity contribution in [3.05, 3.63) is 53.1 Å². The van der Waals surface area contributed by atoms with E-state index in [0.29, 0.717) is 0 Å². The van der Waals surface area contributed by atoms with Crippen molar-refractivity contribution in [3.63, 3.8) is 0 Å². The molecular weight excluding hydrogens is 338 g/mol. The molecule has 3 rings (SSSR count). The predicted octanol–water partition coefficient (Wildman–Crippen LogP) is 3.51. The van der Waals surface area contributed by atoms with Gasteiger partial charge in [0.15, 0.2) is 0 Å². The summed E-state index contributed by atoms with van der Waals surface area (Å²) in [6.45, 7) is 3.60. The van der Waals surface area contributed by atoms with Crippen LogP contribution in [0.3, 0.4) is 0 Å². The number of rotatable bonds is 5. The number of hydrogen-bond donors (Lipinski definition) is 0. The Morgan fingerprint density at radius 1 is 0.960 bits per heavy atom. The van der Waals surface area contributed by atoms with Gasteiger partial charge in [0, 0.05) is 35.4 Å². The molecule has 0 aromatic heterocycles. The maximum atomic E-state index is 5.95. The fourth-order valence-electron chi connectivity index (χ4n) is 2.79. The van der Waals surface area contributed by atoms with E-state index in [0.717, 1.165) is 48.3 Å². The third-order valence-electron chi connectivity index (χ3n) is 4.25.